The molecule has 0 saturated heterocycles. The Bertz CT molecular complexity index is 818. The van der Waals surface area contributed by atoms with Crippen LogP contribution in [0.15, 0.2) is 42.5 Å². The fraction of sp³-hybridized carbons (Fsp3) is 0.250. The predicted octanol–water partition coefficient (Wildman–Crippen LogP) is 0.501. The van der Waals surface area contributed by atoms with Crippen LogP contribution in [0.5, 0.6) is 0 Å². The summed E-state index contributed by atoms with van der Waals surface area (Å²) >= 11 is 0. The molecule has 1 aromatic carbocycles. The van der Waals surface area contributed by atoms with E-state index >= 15 is 0 Å². The zero-order chi connectivity index (χ0) is 16.8. The summed E-state index contributed by atoms with van der Waals surface area (Å²) in [5.74, 6) is 1.17. The zero-order valence-corrected chi connectivity index (χ0v) is 13.0. The topological polar surface area (TPSA) is 104 Å². The molecule has 0 aliphatic heterocycles. The Hall–Kier alpha value is -3.00. The van der Waals surface area contributed by atoms with Crippen molar-refractivity contribution < 1.29 is 9.90 Å². The lowest BCUT2D eigenvalue weighted by molar-refractivity contribution is 0.0954. The van der Waals surface area contributed by atoms with E-state index in [1.54, 1.807) is 28.8 Å². The Morgan fingerprint density at radius 3 is 2.71 bits per heavy atom. The first-order valence-corrected chi connectivity index (χ1v) is 7.67. The van der Waals surface area contributed by atoms with Crippen LogP contribution in [0.1, 0.15) is 16.2 Å². The number of fused-ring (bicyclic) bond motifs is 1. The molecule has 0 spiro atoms. The molecule has 124 valence electrons. The maximum Gasteiger partial charge on any atom is 0.251 e. The molecular formula is C16H18N6O2. The summed E-state index contributed by atoms with van der Waals surface area (Å²) in [7, 11) is 0. The average molecular weight is 326 g/mol. The van der Waals surface area contributed by atoms with Crippen molar-refractivity contribution in [3.05, 3.63) is 53.9 Å². The molecular weight excluding hydrogens is 308 g/mol. The van der Waals surface area contributed by atoms with Gasteiger partial charge in [-0.3, -0.25) is 4.79 Å². The van der Waals surface area contributed by atoms with E-state index in [-0.39, 0.29) is 12.5 Å². The van der Waals surface area contributed by atoms with E-state index in [4.69, 9.17) is 5.11 Å². The SMILES string of the molecule is O=C(NCCc1nnc2ccc(NCCO)nn12)c1ccccc1. The van der Waals surface area contributed by atoms with Gasteiger partial charge in [-0.2, -0.15) is 4.52 Å². The molecule has 8 heteroatoms. The van der Waals surface area contributed by atoms with Gasteiger partial charge in [0.1, 0.15) is 5.82 Å². The standard InChI is InChI=1S/C16H18N6O2/c23-11-10-17-13-6-7-14-19-20-15(22(14)21-13)8-9-18-16(24)12-4-2-1-3-5-12/h1-7,23H,8-11H2,(H,17,21)(H,18,24). The molecule has 1 amide bonds. The number of hydrogen-bond donors (Lipinski definition) is 3. The zero-order valence-electron chi connectivity index (χ0n) is 13.0. The summed E-state index contributed by atoms with van der Waals surface area (Å²) in [5.41, 5.74) is 1.26. The van der Waals surface area contributed by atoms with Gasteiger partial charge in [0.2, 0.25) is 0 Å². The molecule has 2 aromatic heterocycles. The van der Waals surface area contributed by atoms with Gasteiger partial charge in [-0.25, -0.2) is 0 Å². The van der Waals surface area contributed by atoms with Crippen molar-refractivity contribution in [1.82, 2.24) is 25.1 Å². The Labute approximate surface area is 138 Å². The van der Waals surface area contributed by atoms with Crippen LogP contribution in [0.3, 0.4) is 0 Å². The van der Waals surface area contributed by atoms with Gasteiger partial charge in [0.15, 0.2) is 11.5 Å². The molecule has 0 radical (unpaired) electrons. The molecule has 3 rings (SSSR count). The smallest absolute Gasteiger partial charge is 0.251 e. The van der Waals surface area contributed by atoms with Gasteiger partial charge >= 0.3 is 0 Å². The van der Waals surface area contributed by atoms with Crippen LogP contribution in [0, 0.1) is 0 Å². The van der Waals surface area contributed by atoms with E-state index in [2.05, 4.69) is 25.9 Å². The fourth-order valence-electron chi connectivity index (χ4n) is 2.25. The number of rotatable bonds is 7. The van der Waals surface area contributed by atoms with Crippen molar-refractivity contribution in [2.45, 2.75) is 6.42 Å². The molecule has 0 atom stereocenters. The highest BCUT2D eigenvalue weighted by Crippen LogP contribution is 2.07. The first-order chi connectivity index (χ1) is 11.8. The van der Waals surface area contributed by atoms with E-state index in [1.165, 1.54) is 0 Å². The van der Waals surface area contributed by atoms with Crippen LogP contribution in [-0.4, -0.2) is 50.5 Å². The minimum absolute atomic E-state index is 0.0280. The number of nitrogens with one attached hydrogen (secondary N) is 2. The van der Waals surface area contributed by atoms with Crippen molar-refractivity contribution in [2.24, 2.45) is 0 Å². The Balaban J connectivity index is 1.63. The van der Waals surface area contributed by atoms with Crippen LogP contribution < -0.4 is 10.6 Å². The van der Waals surface area contributed by atoms with Gasteiger partial charge in [-0.15, -0.1) is 15.3 Å². The lowest BCUT2D eigenvalue weighted by Crippen LogP contribution is -2.26. The number of benzene rings is 1. The Morgan fingerprint density at radius 1 is 1.08 bits per heavy atom. The van der Waals surface area contributed by atoms with Crippen molar-refractivity contribution in [2.75, 3.05) is 25.0 Å². The Kier molecular flexibility index (Phi) is 4.97. The number of nitrogens with zero attached hydrogens (tertiary/aromatic N) is 4. The van der Waals surface area contributed by atoms with Crippen molar-refractivity contribution in [3.8, 4) is 0 Å². The summed E-state index contributed by atoms with van der Waals surface area (Å²) in [4.78, 5) is 12.0. The third-order valence-electron chi connectivity index (χ3n) is 3.42. The van der Waals surface area contributed by atoms with E-state index in [1.807, 2.05) is 18.2 Å². The average Bonchev–Trinajstić information content (AvgIpc) is 3.03. The number of amides is 1. The molecule has 3 N–H and O–H groups in total. The number of aromatic nitrogens is 4. The van der Waals surface area contributed by atoms with Gasteiger partial charge < -0.3 is 15.7 Å². The molecule has 0 fully saturated rings. The fourth-order valence-corrected chi connectivity index (χ4v) is 2.25. The third-order valence-corrected chi connectivity index (χ3v) is 3.42. The highest BCUT2D eigenvalue weighted by Gasteiger charge is 2.09. The second-order valence-corrected chi connectivity index (χ2v) is 5.13. The molecule has 0 bridgehead atoms. The monoisotopic (exact) mass is 326 g/mol. The number of aliphatic hydroxyl groups excluding tert-OH is 1. The number of carbonyl (C=O) groups is 1. The minimum Gasteiger partial charge on any atom is -0.395 e. The lowest BCUT2D eigenvalue weighted by Gasteiger charge is -2.06. The second kappa shape index (κ2) is 7.51. The van der Waals surface area contributed by atoms with Crippen LogP contribution in [-0.2, 0) is 6.42 Å². The summed E-state index contributed by atoms with van der Waals surface area (Å²) in [5, 5.41) is 27.3. The molecule has 0 saturated carbocycles. The highest BCUT2D eigenvalue weighted by molar-refractivity contribution is 5.94. The van der Waals surface area contributed by atoms with Crippen molar-refractivity contribution >= 4 is 17.4 Å². The van der Waals surface area contributed by atoms with Gasteiger partial charge in [0, 0.05) is 25.1 Å². The van der Waals surface area contributed by atoms with Crippen LogP contribution >= 0.6 is 0 Å². The number of hydrogen-bond acceptors (Lipinski definition) is 6. The molecule has 24 heavy (non-hydrogen) atoms. The van der Waals surface area contributed by atoms with Gasteiger partial charge in [-0.05, 0) is 24.3 Å². The summed E-state index contributed by atoms with van der Waals surface area (Å²) in [6.45, 7) is 0.883. The maximum atomic E-state index is 12.0. The van der Waals surface area contributed by atoms with E-state index < -0.39 is 0 Å². The lowest BCUT2D eigenvalue weighted by atomic mass is 10.2. The van der Waals surface area contributed by atoms with Crippen LogP contribution in [0.4, 0.5) is 5.82 Å². The Morgan fingerprint density at radius 2 is 1.92 bits per heavy atom. The van der Waals surface area contributed by atoms with Crippen LogP contribution in [0.2, 0.25) is 0 Å². The number of aliphatic hydroxyl groups is 1. The van der Waals surface area contributed by atoms with Crippen molar-refractivity contribution in [1.29, 1.82) is 0 Å². The van der Waals surface area contributed by atoms with Crippen molar-refractivity contribution in [3.63, 3.8) is 0 Å². The van der Waals surface area contributed by atoms with E-state index in [9.17, 15) is 4.79 Å². The normalized spacial score (nSPS) is 10.7. The molecule has 0 aliphatic carbocycles. The molecule has 8 nitrogen and oxygen atoms in total. The molecule has 0 aliphatic rings. The quantitative estimate of drug-likeness (QED) is 0.584. The van der Waals surface area contributed by atoms with Gasteiger partial charge in [0.25, 0.3) is 5.91 Å². The maximum absolute atomic E-state index is 12.0. The van der Waals surface area contributed by atoms with E-state index in [0.29, 0.717) is 42.4 Å². The summed E-state index contributed by atoms with van der Waals surface area (Å²) < 4.78 is 1.63. The number of carbonyl (C=O) groups excluding carboxylic acids is 1. The summed E-state index contributed by atoms with van der Waals surface area (Å²) in [6, 6.07) is 12.6. The van der Waals surface area contributed by atoms with Gasteiger partial charge in [-0.1, -0.05) is 18.2 Å². The molecule has 3 aromatic rings. The minimum atomic E-state index is -0.123. The first-order valence-electron chi connectivity index (χ1n) is 7.67. The van der Waals surface area contributed by atoms with E-state index in [0.717, 1.165) is 0 Å². The number of anilines is 1. The van der Waals surface area contributed by atoms with Gasteiger partial charge in [0.05, 0.1) is 6.61 Å². The molecule has 0 unspecified atom stereocenters. The predicted molar refractivity (Wildman–Crippen MR) is 88.8 cm³/mol. The second-order valence-electron chi connectivity index (χ2n) is 5.13. The molecule has 2 heterocycles. The van der Waals surface area contributed by atoms with Crippen LogP contribution in [0.25, 0.3) is 5.65 Å². The summed E-state index contributed by atoms with van der Waals surface area (Å²) in [6.07, 6.45) is 0.510. The first kappa shape index (κ1) is 15.9. The highest BCUT2D eigenvalue weighted by atomic mass is 16.3. The largest absolute Gasteiger partial charge is 0.395 e. The third kappa shape index (κ3) is 3.66.